The maximum absolute atomic E-state index is 11.8. The van der Waals surface area contributed by atoms with Crippen LogP contribution in [-0.2, 0) is 11.3 Å². The maximum Gasteiger partial charge on any atom is 0.305 e. The second-order valence-corrected chi connectivity index (χ2v) is 3.87. The first kappa shape index (κ1) is 13.2. The largest absolute Gasteiger partial charge is 0.481 e. The van der Waals surface area contributed by atoms with Crippen LogP contribution in [0, 0.1) is 0 Å². The summed E-state index contributed by atoms with van der Waals surface area (Å²) >= 11 is 0. The van der Waals surface area contributed by atoms with Crippen molar-refractivity contribution in [3.8, 4) is 0 Å². The lowest BCUT2D eigenvalue weighted by molar-refractivity contribution is -0.137. The van der Waals surface area contributed by atoms with Gasteiger partial charge in [0.15, 0.2) is 0 Å². The molecule has 1 aromatic rings. The first-order chi connectivity index (χ1) is 8.04. The Morgan fingerprint density at radius 1 is 1.59 bits per heavy atom. The Labute approximate surface area is 99.6 Å². The van der Waals surface area contributed by atoms with Crippen LogP contribution in [0.4, 0.5) is 0 Å². The fourth-order valence-electron chi connectivity index (χ4n) is 1.31. The summed E-state index contributed by atoms with van der Waals surface area (Å²) in [6.07, 6.45) is 2.29. The van der Waals surface area contributed by atoms with Crippen LogP contribution in [-0.4, -0.2) is 32.8 Å². The highest BCUT2D eigenvalue weighted by Crippen LogP contribution is 2.02. The van der Waals surface area contributed by atoms with E-state index in [2.05, 4.69) is 10.4 Å². The van der Waals surface area contributed by atoms with E-state index in [0.717, 1.165) is 6.42 Å². The Morgan fingerprint density at radius 3 is 2.88 bits per heavy atom. The van der Waals surface area contributed by atoms with E-state index < -0.39 is 5.97 Å². The number of rotatable bonds is 6. The number of nitrogens with zero attached hydrogens (tertiary/aromatic N) is 2. The topological polar surface area (TPSA) is 84.2 Å². The number of amides is 1. The summed E-state index contributed by atoms with van der Waals surface area (Å²) in [4.78, 5) is 22.3. The summed E-state index contributed by atoms with van der Waals surface area (Å²) in [6, 6.07) is 1.67. The molecule has 0 aliphatic rings. The highest BCUT2D eigenvalue weighted by atomic mass is 16.4. The summed E-state index contributed by atoms with van der Waals surface area (Å²) in [7, 11) is 0. The molecule has 94 valence electrons. The van der Waals surface area contributed by atoms with Gasteiger partial charge in [-0.2, -0.15) is 5.10 Å². The van der Waals surface area contributed by atoms with Gasteiger partial charge in [-0.15, -0.1) is 0 Å². The number of aryl methyl sites for hydroxylation is 1. The summed E-state index contributed by atoms with van der Waals surface area (Å²) in [5, 5.41) is 15.3. The zero-order chi connectivity index (χ0) is 12.8. The molecule has 0 radical (unpaired) electrons. The number of hydrogen-bond acceptors (Lipinski definition) is 3. The van der Waals surface area contributed by atoms with Gasteiger partial charge in [0.25, 0.3) is 5.91 Å². The van der Waals surface area contributed by atoms with Gasteiger partial charge in [-0.25, -0.2) is 0 Å². The molecule has 0 fully saturated rings. The number of aliphatic carboxylic acids is 1. The second-order valence-electron chi connectivity index (χ2n) is 3.87. The van der Waals surface area contributed by atoms with Crippen LogP contribution in [0.3, 0.4) is 0 Å². The van der Waals surface area contributed by atoms with E-state index in [1.165, 1.54) is 10.9 Å². The van der Waals surface area contributed by atoms with Gasteiger partial charge in [-0.1, -0.05) is 6.92 Å². The standard InChI is InChI=1S/C11H17N3O3/c1-3-8(2)13-11(17)9-4-6-12-14(9)7-5-10(15)16/h4,6,8H,3,5,7H2,1-2H3,(H,13,17)(H,15,16). The number of carboxylic acid groups (broad SMARTS) is 1. The molecule has 17 heavy (non-hydrogen) atoms. The number of hydrogen-bond donors (Lipinski definition) is 2. The van der Waals surface area contributed by atoms with Crippen molar-refractivity contribution in [2.24, 2.45) is 0 Å². The number of carboxylic acids is 1. The molecule has 1 aromatic heterocycles. The van der Waals surface area contributed by atoms with Crippen LogP contribution in [0.15, 0.2) is 12.3 Å². The lowest BCUT2D eigenvalue weighted by Crippen LogP contribution is -2.33. The monoisotopic (exact) mass is 239 g/mol. The predicted molar refractivity (Wildman–Crippen MR) is 61.7 cm³/mol. The van der Waals surface area contributed by atoms with Crippen LogP contribution in [0.1, 0.15) is 37.2 Å². The molecule has 0 bridgehead atoms. The van der Waals surface area contributed by atoms with Crippen molar-refractivity contribution in [3.63, 3.8) is 0 Å². The van der Waals surface area contributed by atoms with Gasteiger partial charge in [0.2, 0.25) is 0 Å². The van der Waals surface area contributed by atoms with Gasteiger partial charge in [-0.3, -0.25) is 14.3 Å². The third-order valence-electron chi connectivity index (χ3n) is 2.48. The maximum atomic E-state index is 11.8. The molecule has 0 spiro atoms. The summed E-state index contributed by atoms with van der Waals surface area (Å²) in [6.45, 7) is 4.09. The van der Waals surface area contributed by atoms with E-state index in [4.69, 9.17) is 5.11 Å². The highest BCUT2D eigenvalue weighted by molar-refractivity contribution is 5.92. The van der Waals surface area contributed by atoms with E-state index >= 15 is 0 Å². The normalized spacial score (nSPS) is 12.1. The zero-order valence-corrected chi connectivity index (χ0v) is 10.0. The molecule has 2 N–H and O–H groups in total. The van der Waals surface area contributed by atoms with E-state index in [-0.39, 0.29) is 24.9 Å². The number of nitrogens with one attached hydrogen (secondary N) is 1. The average molecular weight is 239 g/mol. The molecule has 0 aliphatic heterocycles. The smallest absolute Gasteiger partial charge is 0.305 e. The van der Waals surface area contributed by atoms with Gasteiger partial charge < -0.3 is 10.4 Å². The molecule has 6 heteroatoms. The van der Waals surface area contributed by atoms with Crippen molar-refractivity contribution in [3.05, 3.63) is 18.0 Å². The molecule has 0 aromatic carbocycles. The fourth-order valence-corrected chi connectivity index (χ4v) is 1.31. The highest BCUT2D eigenvalue weighted by Gasteiger charge is 2.14. The molecular weight excluding hydrogens is 222 g/mol. The Hall–Kier alpha value is -1.85. The average Bonchev–Trinajstić information content (AvgIpc) is 2.74. The molecule has 0 saturated heterocycles. The van der Waals surface area contributed by atoms with E-state index in [1.54, 1.807) is 6.07 Å². The third-order valence-corrected chi connectivity index (χ3v) is 2.48. The van der Waals surface area contributed by atoms with E-state index in [0.29, 0.717) is 5.69 Å². The lowest BCUT2D eigenvalue weighted by Gasteiger charge is -2.12. The summed E-state index contributed by atoms with van der Waals surface area (Å²) in [5.74, 6) is -1.13. The van der Waals surface area contributed by atoms with Gasteiger partial charge in [0.1, 0.15) is 5.69 Å². The van der Waals surface area contributed by atoms with Crippen molar-refractivity contribution in [1.29, 1.82) is 0 Å². The van der Waals surface area contributed by atoms with Crippen LogP contribution in [0.5, 0.6) is 0 Å². The van der Waals surface area contributed by atoms with Crippen LogP contribution in [0.25, 0.3) is 0 Å². The molecule has 1 rings (SSSR count). The van der Waals surface area contributed by atoms with Gasteiger partial charge in [0, 0.05) is 12.2 Å². The van der Waals surface area contributed by atoms with Crippen LogP contribution < -0.4 is 5.32 Å². The van der Waals surface area contributed by atoms with Gasteiger partial charge in [0.05, 0.1) is 13.0 Å². The molecule has 1 unspecified atom stereocenters. The van der Waals surface area contributed by atoms with Crippen molar-refractivity contribution in [2.75, 3.05) is 0 Å². The zero-order valence-electron chi connectivity index (χ0n) is 10.0. The predicted octanol–water partition coefficient (Wildman–Crippen LogP) is 0.886. The quantitative estimate of drug-likeness (QED) is 0.772. The Kier molecular flexibility index (Phi) is 4.68. The summed E-state index contributed by atoms with van der Waals surface area (Å²) < 4.78 is 1.41. The van der Waals surface area contributed by atoms with Crippen molar-refractivity contribution in [2.45, 2.75) is 39.3 Å². The Morgan fingerprint density at radius 2 is 2.29 bits per heavy atom. The summed E-state index contributed by atoms with van der Waals surface area (Å²) in [5.41, 5.74) is 0.395. The van der Waals surface area contributed by atoms with Gasteiger partial charge >= 0.3 is 5.97 Å². The number of carbonyl (C=O) groups is 2. The Bertz CT molecular complexity index is 400. The van der Waals surface area contributed by atoms with Gasteiger partial charge in [-0.05, 0) is 19.4 Å². The molecule has 1 heterocycles. The number of carbonyl (C=O) groups excluding carboxylic acids is 1. The van der Waals surface area contributed by atoms with E-state index in [1.807, 2.05) is 13.8 Å². The minimum Gasteiger partial charge on any atom is -0.481 e. The minimum atomic E-state index is -0.909. The number of aromatic nitrogens is 2. The molecular formula is C11H17N3O3. The van der Waals surface area contributed by atoms with Crippen LogP contribution >= 0.6 is 0 Å². The lowest BCUT2D eigenvalue weighted by atomic mass is 10.2. The molecule has 6 nitrogen and oxygen atoms in total. The Balaban J connectivity index is 2.67. The molecule has 1 amide bonds. The van der Waals surface area contributed by atoms with Crippen molar-refractivity contribution in [1.82, 2.24) is 15.1 Å². The molecule has 0 saturated carbocycles. The molecule has 0 aliphatic carbocycles. The third kappa shape index (κ3) is 3.90. The van der Waals surface area contributed by atoms with E-state index in [9.17, 15) is 9.59 Å². The SMILES string of the molecule is CCC(C)NC(=O)c1ccnn1CCC(=O)O. The van der Waals surface area contributed by atoms with Crippen molar-refractivity contribution < 1.29 is 14.7 Å². The second kappa shape index (κ2) is 6.03. The molecule has 1 atom stereocenters. The minimum absolute atomic E-state index is 0.0503. The first-order valence-corrected chi connectivity index (χ1v) is 5.59. The van der Waals surface area contributed by atoms with Crippen molar-refractivity contribution >= 4 is 11.9 Å². The first-order valence-electron chi connectivity index (χ1n) is 5.59. The van der Waals surface area contributed by atoms with Crippen LogP contribution in [0.2, 0.25) is 0 Å². The fraction of sp³-hybridized carbons (Fsp3) is 0.545.